The van der Waals surface area contributed by atoms with Crippen molar-refractivity contribution in [1.82, 2.24) is 16.0 Å². The molecule has 2 atom stereocenters. The molecule has 0 aromatic carbocycles. The summed E-state index contributed by atoms with van der Waals surface area (Å²) in [5.74, 6) is -5.93. The normalized spacial score (nSPS) is 12.1. The summed E-state index contributed by atoms with van der Waals surface area (Å²) < 4.78 is 0. The summed E-state index contributed by atoms with van der Waals surface area (Å²) in [4.78, 5) is 80.2. The first-order valence-corrected chi connectivity index (χ1v) is 15.7. The van der Waals surface area contributed by atoms with Gasteiger partial charge in [0, 0.05) is 25.7 Å². The molecule has 0 aliphatic heterocycles. The van der Waals surface area contributed by atoms with Crippen molar-refractivity contribution in [2.24, 2.45) is 5.73 Å². The van der Waals surface area contributed by atoms with Gasteiger partial charge in [0.05, 0.1) is 6.54 Å². The number of hydrogen-bond acceptors (Lipinski definition) is 7. The Bertz CT molecular complexity index is 912. The van der Waals surface area contributed by atoms with Gasteiger partial charge in [-0.3, -0.25) is 24.0 Å². The van der Waals surface area contributed by atoms with E-state index in [-0.39, 0.29) is 38.5 Å². The molecule has 0 aromatic rings. The first-order chi connectivity index (χ1) is 20.9. The molecule has 8 N–H and O–H groups in total. The molecule has 44 heavy (non-hydrogen) atoms. The maximum Gasteiger partial charge on any atom is 0.326 e. The Morgan fingerprint density at radius 2 is 0.864 bits per heavy atom. The molecule has 0 spiro atoms. The second-order valence-electron chi connectivity index (χ2n) is 11.1. The molecule has 0 bridgehead atoms. The van der Waals surface area contributed by atoms with Gasteiger partial charge in [0.2, 0.25) is 23.6 Å². The van der Waals surface area contributed by atoms with E-state index in [0.29, 0.717) is 6.42 Å². The van der Waals surface area contributed by atoms with E-state index in [9.17, 15) is 38.7 Å². The van der Waals surface area contributed by atoms with Crippen molar-refractivity contribution in [3.63, 3.8) is 0 Å². The molecular formula is C30H52N4O10. The van der Waals surface area contributed by atoms with Crippen LogP contribution in [-0.2, 0) is 33.6 Å². The van der Waals surface area contributed by atoms with Crippen LogP contribution in [0.5, 0.6) is 0 Å². The van der Waals surface area contributed by atoms with Crippen LogP contribution in [-0.4, -0.2) is 75.5 Å². The Balaban J connectivity index is 3.94. The fourth-order valence-corrected chi connectivity index (χ4v) is 4.54. The molecule has 14 nitrogen and oxygen atoms in total. The third-order valence-corrected chi connectivity index (χ3v) is 7.10. The number of rotatable bonds is 29. The van der Waals surface area contributed by atoms with Crippen molar-refractivity contribution < 1.29 is 48.9 Å². The summed E-state index contributed by atoms with van der Waals surface area (Å²) in [5.41, 5.74) is 4.98. The molecule has 0 saturated carbocycles. The molecule has 14 heteroatoms. The molecule has 252 valence electrons. The lowest BCUT2D eigenvalue weighted by Gasteiger charge is -2.15. The van der Waals surface area contributed by atoms with E-state index in [2.05, 4.69) is 16.0 Å². The third kappa shape index (κ3) is 24.8. The molecule has 0 aliphatic rings. The van der Waals surface area contributed by atoms with Crippen LogP contribution in [0.4, 0.5) is 0 Å². The molecule has 0 rings (SSSR count). The minimum atomic E-state index is -1.36. The van der Waals surface area contributed by atoms with E-state index in [1.165, 1.54) is 32.1 Å². The van der Waals surface area contributed by atoms with Gasteiger partial charge in [-0.25, -0.2) is 9.59 Å². The quantitative estimate of drug-likeness (QED) is 0.0597. The summed E-state index contributed by atoms with van der Waals surface area (Å²) in [5, 5.41) is 34.0. The number of aliphatic carboxylic acids is 3. The number of carbonyl (C=O) groups excluding carboxylic acids is 4. The van der Waals surface area contributed by atoms with Crippen LogP contribution >= 0.6 is 0 Å². The second kappa shape index (κ2) is 25.8. The lowest BCUT2D eigenvalue weighted by Crippen LogP contribution is -2.46. The van der Waals surface area contributed by atoms with Crippen molar-refractivity contribution in [3.05, 3.63) is 0 Å². The van der Waals surface area contributed by atoms with Crippen LogP contribution in [0.15, 0.2) is 0 Å². The fraction of sp³-hybridized carbons (Fsp3) is 0.767. The number of carbonyl (C=O) groups is 7. The number of nitrogens with two attached hydrogens (primary N) is 1. The minimum Gasteiger partial charge on any atom is -0.481 e. The van der Waals surface area contributed by atoms with E-state index in [0.717, 1.165) is 51.4 Å². The van der Waals surface area contributed by atoms with Crippen molar-refractivity contribution in [2.45, 2.75) is 141 Å². The van der Waals surface area contributed by atoms with Gasteiger partial charge in [-0.15, -0.1) is 0 Å². The maximum atomic E-state index is 12.2. The third-order valence-electron chi connectivity index (χ3n) is 7.10. The molecule has 2 unspecified atom stereocenters. The van der Waals surface area contributed by atoms with Crippen LogP contribution in [0.1, 0.15) is 128 Å². The molecule has 0 aromatic heterocycles. The molecular weight excluding hydrogens is 576 g/mol. The van der Waals surface area contributed by atoms with Crippen LogP contribution in [0.3, 0.4) is 0 Å². The molecule has 0 aliphatic carbocycles. The fourth-order valence-electron chi connectivity index (χ4n) is 4.54. The van der Waals surface area contributed by atoms with E-state index in [1.54, 1.807) is 0 Å². The zero-order valence-corrected chi connectivity index (χ0v) is 25.8. The first kappa shape index (κ1) is 40.3. The van der Waals surface area contributed by atoms with Gasteiger partial charge < -0.3 is 37.0 Å². The minimum absolute atomic E-state index is 0.183. The van der Waals surface area contributed by atoms with E-state index in [4.69, 9.17) is 15.9 Å². The highest BCUT2D eigenvalue weighted by atomic mass is 16.4. The molecule has 4 amide bonds. The largest absolute Gasteiger partial charge is 0.481 e. The van der Waals surface area contributed by atoms with Crippen LogP contribution in [0, 0.1) is 0 Å². The van der Waals surface area contributed by atoms with Gasteiger partial charge in [0.1, 0.15) is 12.1 Å². The molecule has 0 fully saturated rings. The maximum absolute atomic E-state index is 12.2. The lowest BCUT2D eigenvalue weighted by molar-refractivity contribution is -0.142. The summed E-state index contributed by atoms with van der Waals surface area (Å²) in [6.07, 6.45) is 14.3. The highest BCUT2D eigenvalue weighted by Gasteiger charge is 2.22. The Kier molecular flexibility index (Phi) is 23.6. The number of nitrogens with one attached hydrogen (secondary N) is 3. The average Bonchev–Trinajstić information content (AvgIpc) is 2.95. The first-order valence-electron chi connectivity index (χ1n) is 15.7. The number of amides is 4. The van der Waals surface area contributed by atoms with E-state index < -0.39 is 60.2 Å². The number of carboxylic acids is 3. The molecule has 0 heterocycles. The van der Waals surface area contributed by atoms with Crippen molar-refractivity contribution in [1.29, 1.82) is 0 Å². The summed E-state index contributed by atoms with van der Waals surface area (Å²) in [6, 6.07) is -2.61. The molecule has 0 radical (unpaired) electrons. The number of hydrogen-bond donors (Lipinski definition) is 7. The van der Waals surface area contributed by atoms with Crippen molar-refractivity contribution in [3.8, 4) is 0 Å². The van der Waals surface area contributed by atoms with E-state index in [1.807, 2.05) is 0 Å². The Morgan fingerprint density at radius 3 is 1.27 bits per heavy atom. The monoisotopic (exact) mass is 628 g/mol. The van der Waals surface area contributed by atoms with Gasteiger partial charge in [-0.05, 0) is 25.7 Å². The zero-order chi connectivity index (χ0) is 33.2. The van der Waals surface area contributed by atoms with Crippen molar-refractivity contribution >= 4 is 41.5 Å². The van der Waals surface area contributed by atoms with Gasteiger partial charge >= 0.3 is 17.9 Å². The van der Waals surface area contributed by atoms with Gasteiger partial charge in [-0.2, -0.15) is 0 Å². The second-order valence-corrected chi connectivity index (χ2v) is 11.1. The Morgan fingerprint density at radius 1 is 0.477 bits per heavy atom. The topological polar surface area (TPSA) is 242 Å². The Labute approximate surface area is 259 Å². The SMILES string of the molecule is NC(=O)CCC(NC(=O)CNC(=O)CCC(NC(=O)CCCCCCCCCCCCCCCCC(=O)O)C(=O)O)C(=O)O. The van der Waals surface area contributed by atoms with Crippen LogP contribution in [0.25, 0.3) is 0 Å². The Hall–Kier alpha value is -3.71. The number of primary amides is 1. The van der Waals surface area contributed by atoms with Crippen LogP contribution < -0.4 is 21.7 Å². The van der Waals surface area contributed by atoms with Gasteiger partial charge in [-0.1, -0.05) is 77.0 Å². The lowest BCUT2D eigenvalue weighted by atomic mass is 10.0. The number of unbranched alkanes of at least 4 members (excludes halogenated alkanes) is 13. The summed E-state index contributed by atoms with van der Waals surface area (Å²) in [7, 11) is 0. The summed E-state index contributed by atoms with van der Waals surface area (Å²) in [6.45, 7) is -0.540. The predicted octanol–water partition coefficient (Wildman–Crippen LogP) is 2.61. The highest BCUT2D eigenvalue weighted by molar-refractivity contribution is 5.88. The van der Waals surface area contributed by atoms with Gasteiger partial charge in [0.25, 0.3) is 0 Å². The van der Waals surface area contributed by atoms with E-state index >= 15 is 0 Å². The predicted molar refractivity (Wildman–Crippen MR) is 161 cm³/mol. The number of carboxylic acid groups (broad SMARTS) is 3. The van der Waals surface area contributed by atoms with Crippen molar-refractivity contribution in [2.75, 3.05) is 6.54 Å². The molecule has 0 saturated heterocycles. The standard InChI is InChI=1S/C30H52N4O10/c31-24(35)19-17-22(29(41)42)34-27(38)21-32-25(36)20-18-23(30(43)44)33-26(37)15-13-11-9-7-5-3-1-2-4-6-8-10-12-14-16-28(39)40/h22-23H,1-21H2,(H2,31,35)(H,32,36)(H,33,37)(H,34,38)(H,39,40)(H,41,42)(H,43,44). The highest BCUT2D eigenvalue weighted by Crippen LogP contribution is 2.14. The smallest absolute Gasteiger partial charge is 0.326 e. The van der Waals surface area contributed by atoms with Gasteiger partial charge in [0.15, 0.2) is 0 Å². The average molecular weight is 629 g/mol. The zero-order valence-electron chi connectivity index (χ0n) is 25.8. The summed E-state index contributed by atoms with van der Waals surface area (Å²) >= 11 is 0. The van der Waals surface area contributed by atoms with Crippen LogP contribution in [0.2, 0.25) is 0 Å².